The summed E-state index contributed by atoms with van der Waals surface area (Å²) in [7, 11) is 1.61. The van der Waals surface area contributed by atoms with Crippen LogP contribution >= 0.6 is 23.2 Å². The Hall–Kier alpha value is -1.51. The molecule has 0 heterocycles. The highest BCUT2D eigenvalue weighted by atomic mass is 35.5. The molecule has 0 aliphatic rings. The van der Waals surface area contributed by atoms with E-state index in [4.69, 9.17) is 27.9 Å². The highest BCUT2D eigenvalue weighted by Crippen LogP contribution is 2.22. The first kappa shape index (κ1) is 14.9. The third-order valence-corrected chi connectivity index (χ3v) is 3.55. The Morgan fingerprint density at radius 3 is 2.35 bits per heavy atom. The zero-order valence-electron chi connectivity index (χ0n) is 11.0. The van der Waals surface area contributed by atoms with E-state index in [1.54, 1.807) is 25.3 Å². The maximum Gasteiger partial charge on any atom is 0.141 e. The van der Waals surface area contributed by atoms with Gasteiger partial charge in [-0.3, -0.25) is 4.79 Å². The molecular weight excluding hydrogens is 295 g/mol. The molecule has 0 spiro atoms. The van der Waals surface area contributed by atoms with Crippen molar-refractivity contribution in [3.8, 4) is 5.75 Å². The molecule has 20 heavy (non-hydrogen) atoms. The Morgan fingerprint density at radius 1 is 1.05 bits per heavy atom. The van der Waals surface area contributed by atoms with Crippen LogP contribution in [0.15, 0.2) is 42.5 Å². The third-order valence-electron chi connectivity index (χ3n) is 2.96. The van der Waals surface area contributed by atoms with Gasteiger partial charge < -0.3 is 4.74 Å². The van der Waals surface area contributed by atoms with Crippen molar-refractivity contribution in [2.24, 2.45) is 0 Å². The number of halogens is 2. The number of benzene rings is 2. The number of ether oxygens (including phenoxy) is 1. The summed E-state index contributed by atoms with van der Waals surface area (Å²) in [5.74, 6) is 0.890. The van der Waals surface area contributed by atoms with Gasteiger partial charge in [0.1, 0.15) is 11.5 Å². The quantitative estimate of drug-likeness (QED) is 0.820. The van der Waals surface area contributed by atoms with Crippen molar-refractivity contribution in [3.63, 3.8) is 0 Å². The molecule has 0 saturated carbocycles. The van der Waals surface area contributed by atoms with Crippen molar-refractivity contribution in [1.82, 2.24) is 0 Å². The fourth-order valence-electron chi connectivity index (χ4n) is 1.91. The Labute approximate surface area is 128 Å². The minimum Gasteiger partial charge on any atom is -0.497 e. The first-order valence-electron chi connectivity index (χ1n) is 6.17. The second-order valence-corrected chi connectivity index (χ2v) is 5.32. The van der Waals surface area contributed by atoms with Gasteiger partial charge in [-0.05, 0) is 35.4 Å². The molecule has 4 heteroatoms. The van der Waals surface area contributed by atoms with Crippen molar-refractivity contribution in [2.45, 2.75) is 12.8 Å². The summed E-state index contributed by atoms with van der Waals surface area (Å²) < 4.78 is 5.08. The van der Waals surface area contributed by atoms with Crippen LogP contribution in [-0.4, -0.2) is 12.9 Å². The number of methoxy groups -OCH3 is 1. The van der Waals surface area contributed by atoms with Gasteiger partial charge in [-0.2, -0.15) is 0 Å². The number of hydrogen-bond acceptors (Lipinski definition) is 2. The molecule has 0 bridgehead atoms. The van der Waals surface area contributed by atoms with Crippen LogP contribution in [0.2, 0.25) is 10.0 Å². The summed E-state index contributed by atoms with van der Waals surface area (Å²) in [6, 6.07) is 12.6. The predicted octanol–water partition coefficient (Wildman–Crippen LogP) is 4.36. The Kier molecular flexibility index (Phi) is 5.05. The number of hydrogen-bond donors (Lipinski definition) is 0. The Morgan fingerprint density at radius 2 is 1.75 bits per heavy atom. The van der Waals surface area contributed by atoms with Gasteiger partial charge in [0.2, 0.25) is 0 Å². The molecule has 2 rings (SSSR count). The van der Waals surface area contributed by atoms with Crippen LogP contribution in [-0.2, 0) is 17.6 Å². The summed E-state index contributed by atoms with van der Waals surface area (Å²) in [6.07, 6.45) is 0.685. The Bertz CT molecular complexity index is 606. The molecule has 0 radical (unpaired) electrons. The van der Waals surface area contributed by atoms with Crippen LogP contribution < -0.4 is 4.74 Å². The number of Topliss-reactive ketones (excluding diaryl/α,β-unsaturated/α-hetero) is 1. The van der Waals surface area contributed by atoms with Crippen molar-refractivity contribution >= 4 is 29.0 Å². The van der Waals surface area contributed by atoms with E-state index in [2.05, 4.69) is 0 Å². The van der Waals surface area contributed by atoms with E-state index in [0.717, 1.165) is 16.9 Å². The zero-order chi connectivity index (χ0) is 14.5. The van der Waals surface area contributed by atoms with E-state index in [-0.39, 0.29) is 5.78 Å². The number of rotatable bonds is 5. The van der Waals surface area contributed by atoms with Gasteiger partial charge in [-0.25, -0.2) is 0 Å². The lowest BCUT2D eigenvalue weighted by Gasteiger charge is -2.05. The summed E-state index contributed by atoms with van der Waals surface area (Å²) >= 11 is 11.9. The van der Waals surface area contributed by atoms with Gasteiger partial charge >= 0.3 is 0 Å². The molecule has 0 atom stereocenters. The second kappa shape index (κ2) is 6.78. The molecule has 0 unspecified atom stereocenters. The van der Waals surface area contributed by atoms with Crippen LogP contribution in [0, 0.1) is 0 Å². The molecule has 2 nitrogen and oxygen atoms in total. The summed E-state index contributed by atoms with van der Waals surface area (Å²) in [5.41, 5.74) is 1.76. The average Bonchev–Trinajstić information content (AvgIpc) is 2.43. The number of ketones is 1. The highest BCUT2D eigenvalue weighted by Gasteiger charge is 2.09. The largest absolute Gasteiger partial charge is 0.497 e. The van der Waals surface area contributed by atoms with Gasteiger partial charge in [0.15, 0.2) is 0 Å². The van der Waals surface area contributed by atoms with E-state index >= 15 is 0 Å². The lowest BCUT2D eigenvalue weighted by Crippen LogP contribution is -2.07. The van der Waals surface area contributed by atoms with Crippen molar-refractivity contribution in [3.05, 3.63) is 63.6 Å². The van der Waals surface area contributed by atoms with Crippen LogP contribution in [0.1, 0.15) is 11.1 Å². The monoisotopic (exact) mass is 308 g/mol. The third kappa shape index (κ3) is 3.99. The zero-order valence-corrected chi connectivity index (χ0v) is 12.5. The van der Waals surface area contributed by atoms with E-state index in [0.29, 0.717) is 22.9 Å². The van der Waals surface area contributed by atoms with Crippen molar-refractivity contribution < 1.29 is 9.53 Å². The highest BCUT2D eigenvalue weighted by molar-refractivity contribution is 6.35. The molecule has 0 aromatic heterocycles. The number of carbonyl (C=O) groups excluding carboxylic acids is 1. The average molecular weight is 309 g/mol. The molecule has 0 aliphatic heterocycles. The second-order valence-electron chi connectivity index (χ2n) is 4.48. The van der Waals surface area contributed by atoms with E-state index in [1.807, 2.05) is 24.3 Å². The fourth-order valence-corrected chi connectivity index (χ4v) is 2.39. The topological polar surface area (TPSA) is 26.3 Å². The molecular formula is C16H14Cl2O2. The fraction of sp³-hybridized carbons (Fsp3) is 0.188. The first-order valence-corrected chi connectivity index (χ1v) is 6.92. The van der Waals surface area contributed by atoms with Gasteiger partial charge in [0.25, 0.3) is 0 Å². The van der Waals surface area contributed by atoms with E-state index < -0.39 is 0 Å². The SMILES string of the molecule is COc1ccc(CC(=O)Cc2ccc(Cl)cc2Cl)cc1. The van der Waals surface area contributed by atoms with Gasteiger partial charge in [-0.15, -0.1) is 0 Å². The van der Waals surface area contributed by atoms with E-state index in [9.17, 15) is 4.79 Å². The molecule has 104 valence electrons. The Balaban J connectivity index is 2.01. The van der Waals surface area contributed by atoms with Crippen molar-refractivity contribution in [1.29, 1.82) is 0 Å². The minimum absolute atomic E-state index is 0.111. The normalized spacial score (nSPS) is 10.3. The molecule has 2 aromatic rings. The van der Waals surface area contributed by atoms with Crippen LogP contribution in [0.5, 0.6) is 5.75 Å². The maximum atomic E-state index is 12.1. The molecule has 0 saturated heterocycles. The predicted molar refractivity (Wildman–Crippen MR) is 81.9 cm³/mol. The molecule has 0 N–H and O–H groups in total. The van der Waals surface area contributed by atoms with Crippen LogP contribution in [0.3, 0.4) is 0 Å². The molecule has 0 fully saturated rings. The van der Waals surface area contributed by atoms with Gasteiger partial charge in [-0.1, -0.05) is 41.4 Å². The van der Waals surface area contributed by atoms with Gasteiger partial charge in [0, 0.05) is 22.9 Å². The summed E-state index contributed by atoms with van der Waals surface area (Å²) in [6.45, 7) is 0. The smallest absolute Gasteiger partial charge is 0.141 e. The van der Waals surface area contributed by atoms with Crippen molar-refractivity contribution in [2.75, 3.05) is 7.11 Å². The maximum absolute atomic E-state index is 12.1. The molecule has 2 aromatic carbocycles. The molecule has 0 amide bonds. The summed E-state index contributed by atoms with van der Waals surface area (Å²) in [4.78, 5) is 12.1. The van der Waals surface area contributed by atoms with E-state index in [1.165, 1.54) is 0 Å². The minimum atomic E-state index is 0.111. The lowest BCUT2D eigenvalue weighted by atomic mass is 10.0. The van der Waals surface area contributed by atoms with Crippen LogP contribution in [0.4, 0.5) is 0 Å². The molecule has 0 aliphatic carbocycles. The lowest BCUT2D eigenvalue weighted by molar-refractivity contribution is -0.117. The van der Waals surface area contributed by atoms with Gasteiger partial charge in [0.05, 0.1) is 7.11 Å². The first-order chi connectivity index (χ1) is 9.58. The van der Waals surface area contributed by atoms with Crippen LogP contribution in [0.25, 0.3) is 0 Å². The summed E-state index contributed by atoms with van der Waals surface area (Å²) in [5, 5.41) is 1.10. The number of carbonyl (C=O) groups is 1. The standard InChI is InChI=1S/C16H14Cl2O2/c1-20-15-6-2-11(3-7-15)8-14(19)9-12-4-5-13(17)10-16(12)18/h2-7,10H,8-9H2,1H3.